The third kappa shape index (κ3) is 3.81. The molecule has 1 aliphatic heterocycles. The van der Waals surface area contributed by atoms with Crippen molar-refractivity contribution >= 4 is 17.4 Å². The number of hydrogen-bond acceptors (Lipinski definition) is 6. The molecule has 3 aromatic rings. The Balaban J connectivity index is 1.50. The number of nitrogens with one attached hydrogen (secondary N) is 1. The number of nitrogens with zero attached hydrogens (tertiary/aromatic N) is 5. The minimum absolute atomic E-state index is 0.104. The van der Waals surface area contributed by atoms with E-state index in [1.165, 1.54) is 0 Å². The monoisotopic (exact) mass is 408 g/mol. The summed E-state index contributed by atoms with van der Waals surface area (Å²) < 4.78 is 7.38. The number of aryl methyl sites for hydroxylation is 4. The largest absolute Gasteiger partial charge is 0.359 e. The molecule has 8 heteroatoms. The molecule has 8 nitrogen and oxygen atoms in total. The van der Waals surface area contributed by atoms with E-state index in [1.807, 2.05) is 31.7 Å². The number of benzene rings is 1. The number of aromatic nitrogens is 4. The van der Waals surface area contributed by atoms with Gasteiger partial charge in [-0.3, -0.25) is 4.79 Å². The van der Waals surface area contributed by atoms with Gasteiger partial charge in [-0.2, -0.15) is 5.10 Å². The second-order valence-corrected chi connectivity index (χ2v) is 8.12. The van der Waals surface area contributed by atoms with Gasteiger partial charge in [-0.1, -0.05) is 30.3 Å². The maximum atomic E-state index is 13.1. The fourth-order valence-corrected chi connectivity index (χ4v) is 4.01. The predicted octanol–water partition coefficient (Wildman–Crippen LogP) is 3.46. The highest BCUT2D eigenvalue weighted by Crippen LogP contribution is 2.31. The van der Waals surface area contributed by atoms with Crippen molar-refractivity contribution in [1.29, 1.82) is 0 Å². The molecule has 3 heterocycles. The summed E-state index contributed by atoms with van der Waals surface area (Å²) in [4.78, 5) is 19.3. The molecule has 0 saturated carbocycles. The second kappa shape index (κ2) is 7.93. The Bertz CT molecular complexity index is 1060. The van der Waals surface area contributed by atoms with Gasteiger partial charge in [-0.25, -0.2) is 9.67 Å². The van der Waals surface area contributed by atoms with Crippen LogP contribution in [0, 0.1) is 33.6 Å². The first-order valence-electron chi connectivity index (χ1n) is 10.3. The topological polar surface area (TPSA) is 89.1 Å². The molecule has 0 spiro atoms. The first-order chi connectivity index (χ1) is 14.3. The van der Waals surface area contributed by atoms with E-state index in [4.69, 9.17) is 4.52 Å². The highest BCUT2D eigenvalue weighted by atomic mass is 16.5. The number of anilines is 2. The molecule has 1 aromatic carbocycles. The molecule has 2 aromatic heterocycles. The summed E-state index contributed by atoms with van der Waals surface area (Å²) in [5, 5.41) is 12.1. The van der Waals surface area contributed by atoms with Crippen LogP contribution in [-0.2, 0) is 24.3 Å². The minimum atomic E-state index is -0.193. The smallest absolute Gasteiger partial charge is 0.227 e. The lowest BCUT2D eigenvalue weighted by Crippen LogP contribution is -2.40. The highest BCUT2D eigenvalue weighted by Gasteiger charge is 2.30. The summed E-state index contributed by atoms with van der Waals surface area (Å²) in [5.41, 5.74) is 4.27. The van der Waals surface area contributed by atoms with Gasteiger partial charge in [0.2, 0.25) is 5.91 Å². The van der Waals surface area contributed by atoms with Gasteiger partial charge in [-0.15, -0.1) is 0 Å². The third-order valence-electron chi connectivity index (χ3n) is 5.69. The number of hydrogen-bond donors (Lipinski definition) is 1. The standard InChI is InChI=1S/C22H28N6O2/c1-13-7-6-8-14(2)20(13)24-21-18-12-27(10-9-19(18)30-26-21)22(29)15(3)11-28-17(5)23-16(4)25-28/h6-8,15H,9-12H2,1-5H3,(H,24,26)/t15-/m0/s1. The van der Waals surface area contributed by atoms with Crippen molar-refractivity contribution in [1.82, 2.24) is 24.8 Å². The Morgan fingerprint density at radius 3 is 2.63 bits per heavy atom. The van der Waals surface area contributed by atoms with Crippen molar-refractivity contribution in [3.05, 3.63) is 52.3 Å². The average molecular weight is 409 g/mol. The van der Waals surface area contributed by atoms with Gasteiger partial charge in [0.15, 0.2) is 5.82 Å². The van der Waals surface area contributed by atoms with E-state index in [1.54, 1.807) is 4.68 Å². The number of rotatable bonds is 5. The number of para-hydroxylation sites is 1. The Labute approximate surface area is 176 Å². The minimum Gasteiger partial charge on any atom is -0.359 e. The Kier molecular flexibility index (Phi) is 5.32. The summed E-state index contributed by atoms with van der Waals surface area (Å²) in [6.45, 7) is 11.5. The van der Waals surface area contributed by atoms with Crippen molar-refractivity contribution in [2.45, 2.75) is 54.1 Å². The normalized spacial score (nSPS) is 14.5. The van der Waals surface area contributed by atoms with Gasteiger partial charge in [-0.05, 0) is 38.8 Å². The van der Waals surface area contributed by atoms with Gasteiger partial charge < -0.3 is 14.7 Å². The molecule has 1 aliphatic rings. The molecule has 0 saturated heterocycles. The van der Waals surface area contributed by atoms with E-state index < -0.39 is 0 Å². The van der Waals surface area contributed by atoms with Crippen molar-refractivity contribution in [3.8, 4) is 0 Å². The molecule has 1 N–H and O–H groups in total. The first kappa shape index (κ1) is 20.1. The van der Waals surface area contributed by atoms with E-state index >= 15 is 0 Å². The van der Waals surface area contributed by atoms with Crippen LogP contribution < -0.4 is 5.32 Å². The predicted molar refractivity (Wildman–Crippen MR) is 113 cm³/mol. The van der Waals surface area contributed by atoms with Crippen LogP contribution in [0.25, 0.3) is 0 Å². The lowest BCUT2D eigenvalue weighted by molar-refractivity contribution is -0.136. The van der Waals surface area contributed by atoms with E-state index in [9.17, 15) is 4.79 Å². The average Bonchev–Trinajstić information content (AvgIpc) is 3.25. The van der Waals surface area contributed by atoms with Crippen molar-refractivity contribution in [3.63, 3.8) is 0 Å². The highest BCUT2D eigenvalue weighted by molar-refractivity contribution is 5.79. The van der Waals surface area contributed by atoms with Crippen LogP contribution >= 0.6 is 0 Å². The van der Waals surface area contributed by atoms with Crippen LogP contribution in [0.5, 0.6) is 0 Å². The van der Waals surface area contributed by atoms with Gasteiger partial charge in [0.1, 0.15) is 17.4 Å². The fourth-order valence-electron chi connectivity index (χ4n) is 4.01. The summed E-state index contributed by atoms with van der Waals surface area (Å²) in [5.74, 6) is 3.00. The third-order valence-corrected chi connectivity index (χ3v) is 5.69. The van der Waals surface area contributed by atoms with E-state index in [2.05, 4.69) is 46.5 Å². The number of amides is 1. The molecule has 1 atom stereocenters. The van der Waals surface area contributed by atoms with E-state index in [0.717, 1.165) is 39.8 Å². The van der Waals surface area contributed by atoms with Gasteiger partial charge in [0, 0.05) is 18.7 Å². The van der Waals surface area contributed by atoms with Crippen LogP contribution in [0.3, 0.4) is 0 Å². The molecular formula is C22H28N6O2. The van der Waals surface area contributed by atoms with Crippen LogP contribution in [0.4, 0.5) is 11.5 Å². The van der Waals surface area contributed by atoms with Crippen molar-refractivity contribution in [2.24, 2.45) is 5.92 Å². The first-order valence-corrected chi connectivity index (χ1v) is 10.3. The summed E-state index contributed by atoms with van der Waals surface area (Å²) in [6, 6.07) is 6.16. The van der Waals surface area contributed by atoms with Gasteiger partial charge >= 0.3 is 0 Å². The zero-order valence-electron chi connectivity index (χ0n) is 18.2. The number of carbonyl (C=O) groups is 1. The van der Waals surface area contributed by atoms with Crippen LogP contribution in [0.2, 0.25) is 0 Å². The zero-order valence-corrected chi connectivity index (χ0v) is 18.2. The van der Waals surface area contributed by atoms with Gasteiger partial charge in [0.05, 0.1) is 24.6 Å². The summed E-state index contributed by atoms with van der Waals surface area (Å²) in [7, 11) is 0. The quantitative estimate of drug-likeness (QED) is 0.695. The zero-order chi connectivity index (χ0) is 21.4. The van der Waals surface area contributed by atoms with E-state index in [0.29, 0.717) is 31.9 Å². The maximum Gasteiger partial charge on any atom is 0.227 e. The molecule has 0 bridgehead atoms. The Hall–Kier alpha value is -3.16. The Morgan fingerprint density at radius 2 is 1.97 bits per heavy atom. The number of fused-ring (bicyclic) bond motifs is 1. The fraction of sp³-hybridized carbons (Fsp3) is 0.455. The molecule has 0 fully saturated rings. The Morgan fingerprint density at radius 1 is 1.23 bits per heavy atom. The molecule has 4 rings (SSSR count). The molecule has 0 aliphatic carbocycles. The van der Waals surface area contributed by atoms with Crippen molar-refractivity contribution < 1.29 is 9.32 Å². The van der Waals surface area contributed by atoms with Crippen LogP contribution in [-0.4, -0.2) is 37.3 Å². The lowest BCUT2D eigenvalue weighted by Gasteiger charge is -2.29. The van der Waals surface area contributed by atoms with Crippen LogP contribution in [0.15, 0.2) is 22.7 Å². The van der Waals surface area contributed by atoms with Crippen molar-refractivity contribution in [2.75, 3.05) is 11.9 Å². The van der Waals surface area contributed by atoms with E-state index in [-0.39, 0.29) is 11.8 Å². The lowest BCUT2D eigenvalue weighted by atomic mass is 10.0. The maximum absolute atomic E-state index is 13.1. The van der Waals surface area contributed by atoms with Gasteiger partial charge in [0.25, 0.3) is 0 Å². The molecule has 0 radical (unpaired) electrons. The summed E-state index contributed by atoms with van der Waals surface area (Å²) in [6.07, 6.45) is 0.663. The van der Waals surface area contributed by atoms with Crippen LogP contribution in [0.1, 0.15) is 41.0 Å². The second-order valence-electron chi connectivity index (χ2n) is 8.12. The molecule has 30 heavy (non-hydrogen) atoms. The molecule has 158 valence electrons. The molecule has 0 unspecified atom stereocenters. The molecule has 1 amide bonds. The number of carbonyl (C=O) groups excluding carboxylic acids is 1. The SMILES string of the molecule is Cc1nc(C)n(C[C@H](C)C(=O)N2CCc3onc(Nc4c(C)cccc4C)c3C2)n1. The molecular weight excluding hydrogens is 380 g/mol. The summed E-state index contributed by atoms with van der Waals surface area (Å²) >= 11 is 0.